The van der Waals surface area contributed by atoms with Crippen LogP contribution in [0, 0.1) is 0 Å². The Kier molecular flexibility index (Phi) is 70.0. The summed E-state index contributed by atoms with van der Waals surface area (Å²) in [7, 11) is 0. The zero-order valence-electron chi connectivity index (χ0n) is 56.1. The lowest BCUT2D eigenvalue weighted by Gasteiger charge is -2.18. The maximum absolute atomic E-state index is 13.0. The molecule has 82 heavy (non-hydrogen) atoms. The molecular formula is C76H146O6. The number of carbonyl (C=O) groups is 3. The van der Waals surface area contributed by atoms with Gasteiger partial charge in [-0.3, -0.25) is 14.4 Å². The fraction of sp³-hybridized carbons (Fsp3) is 0.934. The molecule has 1 unspecified atom stereocenters. The molecule has 0 rings (SSSR count). The zero-order valence-corrected chi connectivity index (χ0v) is 56.1. The van der Waals surface area contributed by atoms with Gasteiger partial charge in [-0.25, -0.2) is 0 Å². The summed E-state index contributed by atoms with van der Waals surface area (Å²) in [5.74, 6) is -0.839. The van der Waals surface area contributed by atoms with E-state index in [1.165, 1.54) is 334 Å². The molecule has 0 saturated carbocycles. The SMILES string of the molecule is CCCCC/C=C\CCCCCCCC(=O)OCC(COC(=O)CCCCCCCCCCCCCCCCCCCCCCCCCCCCCCCCC)OC(=O)CCCCCCCCCCCCCCCCCCCCCCC. The molecule has 0 bridgehead atoms. The van der Waals surface area contributed by atoms with E-state index < -0.39 is 6.10 Å². The van der Waals surface area contributed by atoms with Gasteiger partial charge in [0.15, 0.2) is 6.10 Å². The smallest absolute Gasteiger partial charge is 0.306 e. The first-order valence-corrected chi connectivity index (χ1v) is 37.7. The summed E-state index contributed by atoms with van der Waals surface area (Å²) in [6, 6.07) is 0. The molecular weight excluding hydrogens is 1010 g/mol. The second-order valence-electron chi connectivity index (χ2n) is 25.9. The van der Waals surface area contributed by atoms with Gasteiger partial charge in [0.1, 0.15) is 13.2 Å². The number of allylic oxidation sites excluding steroid dienone is 2. The van der Waals surface area contributed by atoms with Crippen molar-refractivity contribution < 1.29 is 28.6 Å². The molecule has 0 heterocycles. The molecule has 0 saturated heterocycles. The minimum Gasteiger partial charge on any atom is -0.462 e. The molecule has 0 radical (unpaired) electrons. The van der Waals surface area contributed by atoms with Crippen LogP contribution in [0.15, 0.2) is 12.2 Å². The summed E-state index contributed by atoms with van der Waals surface area (Å²) in [4.78, 5) is 38.4. The van der Waals surface area contributed by atoms with Crippen LogP contribution in [0.4, 0.5) is 0 Å². The Bertz CT molecular complexity index is 1280. The van der Waals surface area contributed by atoms with E-state index in [1.54, 1.807) is 0 Å². The lowest BCUT2D eigenvalue weighted by molar-refractivity contribution is -0.167. The van der Waals surface area contributed by atoms with E-state index in [9.17, 15) is 14.4 Å². The van der Waals surface area contributed by atoms with E-state index in [-0.39, 0.29) is 31.1 Å². The van der Waals surface area contributed by atoms with Gasteiger partial charge >= 0.3 is 17.9 Å². The van der Waals surface area contributed by atoms with Crippen molar-refractivity contribution in [1.29, 1.82) is 0 Å². The Labute approximate surface area is 513 Å². The normalized spacial score (nSPS) is 12.0. The Morgan fingerprint density at radius 1 is 0.232 bits per heavy atom. The van der Waals surface area contributed by atoms with Crippen molar-refractivity contribution in [3.05, 3.63) is 12.2 Å². The van der Waals surface area contributed by atoms with Crippen LogP contribution < -0.4 is 0 Å². The lowest BCUT2D eigenvalue weighted by atomic mass is 10.0. The van der Waals surface area contributed by atoms with Crippen LogP contribution in [0.2, 0.25) is 0 Å². The molecule has 0 aromatic carbocycles. The largest absolute Gasteiger partial charge is 0.462 e. The summed E-state index contributed by atoms with van der Waals surface area (Å²) in [6.07, 6.45) is 87.0. The quantitative estimate of drug-likeness (QED) is 0.0261. The molecule has 0 aromatic rings. The molecule has 0 aliphatic heterocycles. The van der Waals surface area contributed by atoms with E-state index in [0.29, 0.717) is 19.3 Å². The molecule has 0 N–H and O–H groups in total. The monoisotopic (exact) mass is 1160 g/mol. The standard InChI is InChI=1S/C76H146O6/c1-4-7-10-13-16-19-22-25-27-29-31-33-34-35-36-37-38-39-40-41-42-44-45-47-49-51-54-57-60-63-66-69-75(78)81-72-73(71-80-74(77)68-65-62-59-56-53-24-21-18-15-12-9-6-3)82-76(79)70-67-64-61-58-55-52-50-48-46-43-32-30-28-26-23-20-17-14-11-8-5-2/h18,21,73H,4-17,19-20,22-72H2,1-3H3/b21-18-. The van der Waals surface area contributed by atoms with Crippen molar-refractivity contribution in [2.24, 2.45) is 0 Å². The molecule has 6 heteroatoms. The molecule has 0 fully saturated rings. The van der Waals surface area contributed by atoms with E-state index in [2.05, 4.69) is 32.9 Å². The third kappa shape index (κ3) is 68.9. The second kappa shape index (κ2) is 71.6. The zero-order chi connectivity index (χ0) is 59.2. The van der Waals surface area contributed by atoms with Crippen molar-refractivity contribution in [3.8, 4) is 0 Å². The molecule has 0 aliphatic carbocycles. The highest BCUT2D eigenvalue weighted by Crippen LogP contribution is 2.20. The average Bonchev–Trinajstić information content (AvgIpc) is 3.47. The van der Waals surface area contributed by atoms with Crippen molar-refractivity contribution in [3.63, 3.8) is 0 Å². The van der Waals surface area contributed by atoms with Crippen LogP contribution in [0.1, 0.15) is 438 Å². The van der Waals surface area contributed by atoms with E-state index in [0.717, 1.165) is 64.2 Å². The Morgan fingerprint density at radius 2 is 0.402 bits per heavy atom. The first kappa shape index (κ1) is 80.2. The maximum Gasteiger partial charge on any atom is 0.306 e. The van der Waals surface area contributed by atoms with Gasteiger partial charge in [-0.05, 0) is 44.9 Å². The molecule has 486 valence electrons. The van der Waals surface area contributed by atoms with Gasteiger partial charge in [0, 0.05) is 19.3 Å². The first-order valence-electron chi connectivity index (χ1n) is 37.7. The van der Waals surface area contributed by atoms with Crippen molar-refractivity contribution in [1.82, 2.24) is 0 Å². The highest BCUT2D eigenvalue weighted by molar-refractivity contribution is 5.71. The summed E-state index contributed by atoms with van der Waals surface area (Å²) >= 11 is 0. The molecule has 1 atom stereocenters. The van der Waals surface area contributed by atoms with Crippen LogP contribution in [-0.2, 0) is 28.6 Å². The van der Waals surface area contributed by atoms with Gasteiger partial charge < -0.3 is 14.2 Å². The van der Waals surface area contributed by atoms with Crippen molar-refractivity contribution in [2.45, 2.75) is 444 Å². The minimum absolute atomic E-state index is 0.0657. The van der Waals surface area contributed by atoms with Crippen LogP contribution in [0.5, 0.6) is 0 Å². The lowest BCUT2D eigenvalue weighted by Crippen LogP contribution is -2.30. The molecule has 0 aliphatic rings. The van der Waals surface area contributed by atoms with Gasteiger partial charge in [0.05, 0.1) is 0 Å². The number of rotatable bonds is 71. The van der Waals surface area contributed by atoms with E-state index in [4.69, 9.17) is 14.2 Å². The van der Waals surface area contributed by atoms with E-state index in [1.807, 2.05) is 0 Å². The minimum atomic E-state index is -0.770. The van der Waals surface area contributed by atoms with Crippen molar-refractivity contribution in [2.75, 3.05) is 13.2 Å². The highest BCUT2D eigenvalue weighted by atomic mass is 16.6. The number of ether oxygens (including phenoxy) is 3. The van der Waals surface area contributed by atoms with Gasteiger partial charge in [0.25, 0.3) is 0 Å². The van der Waals surface area contributed by atoms with Gasteiger partial charge in [0.2, 0.25) is 0 Å². The number of esters is 3. The Balaban J connectivity index is 4.10. The fourth-order valence-corrected chi connectivity index (χ4v) is 11.9. The third-order valence-electron chi connectivity index (χ3n) is 17.5. The predicted molar refractivity (Wildman–Crippen MR) is 358 cm³/mol. The van der Waals surface area contributed by atoms with Crippen LogP contribution in [0.25, 0.3) is 0 Å². The average molecular weight is 1160 g/mol. The Hall–Kier alpha value is -1.85. The summed E-state index contributed by atoms with van der Waals surface area (Å²) in [5.41, 5.74) is 0. The molecule has 0 spiro atoms. The summed E-state index contributed by atoms with van der Waals surface area (Å²) in [5, 5.41) is 0. The van der Waals surface area contributed by atoms with Crippen LogP contribution in [0.3, 0.4) is 0 Å². The predicted octanol–water partition coefficient (Wildman–Crippen LogP) is 26.0. The number of unbranched alkanes of at least 4 members (excludes halogenated alkanes) is 58. The van der Waals surface area contributed by atoms with E-state index >= 15 is 0 Å². The van der Waals surface area contributed by atoms with Crippen LogP contribution in [-0.4, -0.2) is 37.2 Å². The fourth-order valence-electron chi connectivity index (χ4n) is 11.9. The third-order valence-corrected chi connectivity index (χ3v) is 17.5. The number of hydrogen-bond donors (Lipinski definition) is 0. The highest BCUT2D eigenvalue weighted by Gasteiger charge is 2.20. The van der Waals surface area contributed by atoms with Gasteiger partial charge in [-0.15, -0.1) is 0 Å². The van der Waals surface area contributed by atoms with Gasteiger partial charge in [-0.2, -0.15) is 0 Å². The Morgan fingerprint density at radius 3 is 0.634 bits per heavy atom. The van der Waals surface area contributed by atoms with Crippen LogP contribution >= 0.6 is 0 Å². The molecule has 0 aromatic heterocycles. The van der Waals surface area contributed by atoms with Gasteiger partial charge in [-0.1, -0.05) is 386 Å². The topological polar surface area (TPSA) is 78.9 Å². The second-order valence-corrected chi connectivity index (χ2v) is 25.9. The number of carbonyl (C=O) groups excluding carboxylic acids is 3. The molecule has 0 amide bonds. The maximum atomic E-state index is 13.0. The summed E-state index contributed by atoms with van der Waals surface area (Å²) in [6.45, 7) is 6.71. The number of hydrogen-bond acceptors (Lipinski definition) is 6. The first-order chi connectivity index (χ1) is 40.5. The van der Waals surface area contributed by atoms with Crippen molar-refractivity contribution >= 4 is 17.9 Å². The summed E-state index contributed by atoms with van der Waals surface area (Å²) < 4.78 is 17.0. The molecule has 6 nitrogen and oxygen atoms in total.